The average molecular weight is 313 g/mol. The highest BCUT2D eigenvalue weighted by molar-refractivity contribution is 7.98. The van der Waals surface area contributed by atoms with Crippen molar-refractivity contribution in [2.45, 2.75) is 44.8 Å². The molecule has 0 saturated heterocycles. The van der Waals surface area contributed by atoms with Gasteiger partial charge in [-0.3, -0.25) is 0 Å². The van der Waals surface area contributed by atoms with Crippen LogP contribution in [0.25, 0.3) is 0 Å². The molecule has 0 heterocycles. The lowest BCUT2D eigenvalue weighted by Crippen LogP contribution is -2.31. The first kappa shape index (κ1) is 16.0. The Morgan fingerprint density at radius 1 is 1.45 bits per heavy atom. The van der Waals surface area contributed by atoms with Gasteiger partial charge in [0, 0.05) is 36.4 Å². The van der Waals surface area contributed by atoms with Crippen molar-refractivity contribution in [3.8, 4) is 0 Å². The Bertz CT molecular complexity index is 434. The fourth-order valence-electron chi connectivity index (χ4n) is 2.28. The number of nitrogens with zero attached hydrogens (tertiary/aromatic N) is 1. The first-order valence-corrected chi connectivity index (χ1v) is 9.12. The number of rotatable bonds is 8. The second-order valence-corrected chi connectivity index (χ2v) is 7.09. The highest BCUT2D eigenvalue weighted by Gasteiger charge is 2.21. The summed E-state index contributed by atoms with van der Waals surface area (Å²) in [6, 6.07) is 7.51. The number of anilines is 1. The summed E-state index contributed by atoms with van der Waals surface area (Å²) in [5.74, 6) is 1.20. The van der Waals surface area contributed by atoms with Gasteiger partial charge >= 0.3 is 0 Å². The maximum Gasteiger partial charge on any atom is 0.0426 e. The van der Waals surface area contributed by atoms with E-state index in [0.29, 0.717) is 6.04 Å². The Labute approximate surface area is 132 Å². The van der Waals surface area contributed by atoms with Crippen LogP contribution in [0.1, 0.15) is 31.7 Å². The normalized spacial score (nSPS) is 16.2. The summed E-state index contributed by atoms with van der Waals surface area (Å²) < 4.78 is 0. The van der Waals surface area contributed by atoms with E-state index in [2.05, 4.69) is 42.6 Å². The lowest BCUT2D eigenvalue weighted by molar-refractivity contribution is 0.653. The second kappa shape index (κ2) is 7.58. The van der Waals surface area contributed by atoms with Crippen molar-refractivity contribution in [2.75, 3.05) is 24.0 Å². The zero-order chi connectivity index (χ0) is 14.5. The molecule has 1 atom stereocenters. The maximum absolute atomic E-state index is 6.19. The van der Waals surface area contributed by atoms with Gasteiger partial charge in [-0.05, 0) is 55.9 Å². The molecule has 2 nitrogen and oxygen atoms in total. The fourth-order valence-corrected chi connectivity index (χ4v) is 3.02. The SMILES string of the molecule is CSCCC(C)N(C)c1cc(Cl)ccc1CNC1CC1. The molecule has 1 unspecified atom stereocenters. The van der Waals surface area contributed by atoms with E-state index in [1.807, 2.05) is 17.8 Å². The van der Waals surface area contributed by atoms with E-state index in [0.717, 1.165) is 17.6 Å². The molecule has 1 aromatic carbocycles. The van der Waals surface area contributed by atoms with Crippen LogP contribution in [-0.4, -0.2) is 31.1 Å². The van der Waals surface area contributed by atoms with E-state index in [1.165, 1.54) is 36.3 Å². The fraction of sp³-hybridized carbons (Fsp3) is 0.625. The van der Waals surface area contributed by atoms with E-state index < -0.39 is 0 Å². The van der Waals surface area contributed by atoms with Crippen molar-refractivity contribution < 1.29 is 0 Å². The zero-order valence-corrected chi connectivity index (χ0v) is 14.2. The maximum atomic E-state index is 6.19. The Hall–Kier alpha value is -0.380. The van der Waals surface area contributed by atoms with Gasteiger partial charge in [-0.25, -0.2) is 0 Å². The highest BCUT2D eigenvalue weighted by atomic mass is 35.5. The molecule has 1 fully saturated rings. The molecule has 1 saturated carbocycles. The Morgan fingerprint density at radius 2 is 2.20 bits per heavy atom. The molecule has 1 aliphatic carbocycles. The van der Waals surface area contributed by atoms with Gasteiger partial charge in [-0.15, -0.1) is 0 Å². The van der Waals surface area contributed by atoms with Gasteiger partial charge in [0.2, 0.25) is 0 Å². The van der Waals surface area contributed by atoms with Crippen LogP contribution in [0.3, 0.4) is 0 Å². The smallest absolute Gasteiger partial charge is 0.0426 e. The third-order valence-corrected chi connectivity index (χ3v) is 4.87. The standard InChI is InChI=1S/C16H25ClN2S/c1-12(8-9-20-3)19(2)16-10-14(17)5-4-13(16)11-18-15-6-7-15/h4-5,10,12,15,18H,6-9,11H2,1-3H3. The molecule has 0 aromatic heterocycles. The molecule has 1 aromatic rings. The number of halogens is 1. The monoisotopic (exact) mass is 312 g/mol. The predicted octanol–water partition coefficient (Wildman–Crippen LogP) is 4.17. The molecule has 0 aliphatic heterocycles. The van der Waals surface area contributed by atoms with E-state index in [1.54, 1.807) is 0 Å². The minimum absolute atomic E-state index is 0.528. The molecule has 0 spiro atoms. The first-order valence-electron chi connectivity index (χ1n) is 7.35. The largest absolute Gasteiger partial charge is 0.372 e. The zero-order valence-electron chi connectivity index (χ0n) is 12.7. The molecule has 0 amide bonds. The molecule has 4 heteroatoms. The summed E-state index contributed by atoms with van der Waals surface area (Å²) in [5, 5.41) is 4.41. The summed E-state index contributed by atoms with van der Waals surface area (Å²) >= 11 is 8.10. The van der Waals surface area contributed by atoms with Gasteiger partial charge in [0.05, 0.1) is 0 Å². The topological polar surface area (TPSA) is 15.3 Å². The molecular weight excluding hydrogens is 288 g/mol. The minimum Gasteiger partial charge on any atom is -0.372 e. The number of thioether (sulfide) groups is 1. The lowest BCUT2D eigenvalue weighted by atomic mass is 10.1. The van der Waals surface area contributed by atoms with Crippen LogP contribution < -0.4 is 10.2 Å². The van der Waals surface area contributed by atoms with E-state index in [-0.39, 0.29) is 0 Å². The molecule has 1 aliphatic rings. The van der Waals surface area contributed by atoms with Crippen LogP contribution in [-0.2, 0) is 6.54 Å². The molecule has 1 N–H and O–H groups in total. The molecule has 112 valence electrons. The van der Waals surface area contributed by atoms with Crippen molar-refractivity contribution >= 4 is 29.1 Å². The summed E-state index contributed by atoms with van der Waals surface area (Å²) in [6.45, 7) is 3.23. The van der Waals surface area contributed by atoms with Crippen LogP contribution >= 0.6 is 23.4 Å². The third-order valence-electron chi connectivity index (χ3n) is 3.99. The molecule has 0 bridgehead atoms. The minimum atomic E-state index is 0.528. The summed E-state index contributed by atoms with van der Waals surface area (Å²) in [7, 11) is 2.18. The van der Waals surface area contributed by atoms with Crippen LogP contribution in [0.5, 0.6) is 0 Å². The van der Waals surface area contributed by atoms with Crippen molar-refractivity contribution in [1.29, 1.82) is 0 Å². The van der Waals surface area contributed by atoms with Crippen LogP contribution in [0, 0.1) is 0 Å². The highest BCUT2D eigenvalue weighted by Crippen LogP contribution is 2.28. The van der Waals surface area contributed by atoms with Crippen molar-refractivity contribution in [3.63, 3.8) is 0 Å². The third kappa shape index (κ3) is 4.57. The Morgan fingerprint density at radius 3 is 2.85 bits per heavy atom. The van der Waals surface area contributed by atoms with E-state index in [9.17, 15) is 0 Å². The average Bonchev–Trinajstić information content (AvgIpc) is 3.26. The van der Waals surface area contributed by atoms with Gasteiger partial charge in [-0.1, -0.05) is 17.7 Å². The Balaban J connectivity index is 2.07. The first-order chi connectivity index (χ1) is 9.61. The lowest BCUT2D eigenvalue weighted by Gasteiger charge is -2.29. The van der Waals surface area contributed by atoms with Crippen molar-refractivity contribution in [1.82, 2.24) is 5.32 Å². The van der Waals surface area contributed by atoms with Crippen molar-refractivity contribution in [3.05, 3.63) is 28.8 Å². The number of benzene rings is 1. The van der Waals surface area contributed by atoms with E-state index in [4.69, 9.17) is 11.6 Å². The summed E-state index contributed by atoms with van der Waals surface area (Å²) in [5.41, 5.74) is 2.61. The van der Waals surface area contributed by atoms with Gasteiger partial charge in [-0.2, -0.15) is 11.8 Å². The molecule has 20 heavy (non-hydrogen) atoms. The Kier molecular flexibility index (Phi) is 6.06. The van der Waals surface area contributed by atoms with Crippen LogP contribution in [0.15, 0.2) is 18.2 Å². The van der Waals surface area contributed by atoms with Gasteiger partial charge < -0.3 is 10.2 Å². The van der Waals surface area contributed by atoms with Gasteiger partial charge in [0.15, 0.2) is 0 Å². The second-order valence-electron chi connectivity index (χ2n) is 5.67. The van der Waals surface area contributed by atoms with Crippen LogP contribution in [0.4, 0.5) is 5.69 Å². The summed E-state index contributed by atoms with van der Waals surface area (Å²) in [4.78, 5) is 2.37. The quantitative estimate of drug-likeness (QED) is 0.775. The predicted molar refractivity (Wildman–Crippen MR) is 92.2 cm³/mol. The van der Waals surface area contributed by atoms with Crippen molar-refractivity contribution in [2.24, 2.45) is 0 Å². The molecule has 0 radical (unpaired) electrons. The number of nitrogens with one attached hydrogen (secondary N) is 1. The van der Waals surface area contributed by atoms with Gasteiger partial charge in [0.1, 0.15) is 0 Å². The number of hydrogen-bond donors (Lipinski definition) is 1. The van der Waals surface area contributed by atoms with Crippen LogP contribution in [0.2, 0.25) is 5.02 Å². The van der Waals surface area contributed by atoms with Gasteiger partial charge in [0.25, 0.3) is 0 Å². The van der Waals surface area contributed by atoms with E-state index >= 15 is 0 Å². The molecule has 2 rings (SSSR count). The number of hydrogen-bond acceptors (Lipinski definition) is 3. The molecular formula is C16H25ClN2S. The summed E-state index contributed by atoms with van der Waals surface area (Å²) in [6.07, 6.45) is 6.00.